The fourth-order valence-electron chi connectivity index (χ4n) is 2.90. The number of nitrogens with one attached hydrogen (secondary N) is 2. The van der Waals surface area contributed by atoms with Crippen molar-refractivity contribution in [1.82, 2.24) is 5.32 Å². The predicted octanol–water partition coefficient (Wildman–Crippen LogP) is 3.24. The maximum atomic E-state index is 12.3. The number of rotatable bonds is 8. The highest BCUT2D eigenvalue weighted by Gasteiger charge is 2.28. The maximum absolute atomic E-state index is 12.3. The van der Waals surface area contributed by atoms with Gasteiger partial charge in [-0.05, 0) is 48.7 Å². The molecular formula is C21H26N2O2. The van der Waals surface area contributed by atoms with Crippen molar-refractivity contribution < 1.29 is 9.53 Å². The van der Waals surface area contributed by atoms with Crippen LogP contribution in [0, 0.1) is 11.8 Å². The van der Waals surface area contributed by atoms with Crippen LogP contribution in [-0.4, -0.2) is 25.6 Å². The Bertz CT molecular complexity index is 683. The normalized spacial score (nSPS) is 15.4. The van der Waals surface area contributed by atoms with Gasteiger partial charge in [-0.1, -0.05) is 49.4 Å². The number of carbonyl (C=O) groups is 1. The molecule has 1 amide bonds. The molecular weight excluding hydrogens is 312 g/mol. The molecule has 0 radical (unpaired) electrons. The lowest BCUT2D eigenvalue weighted by atomic mass is 9.88. The summed E-state index contributed by atoms with van der Waals surface area (Å²) in [5, 5.41) is 6.24. The molecule has 0 aliphatic carbocycles. The first kappa shape index (κ1) is 17.6. The molecule has 0 aromatic heterocycles. The number of ether oxygens (including phenoxy) is 1. The van der Waals surface area contributed by atoms with Gasteiger partial charge >= 0.3 is 0 Å². The van der Waals surface area contributed by atoms with Gasteiger partial charge in [0, 0.05) is 11.6 Å². The number of anilines is 1. The quantitative estimate of drug-likeness (QED) is 0.727. The lowest BCUT2D eigenvalue weighted by Crippen LogP contribution is -2.48. The Hall–Kier alpha value is -2.17. The summed E-state index contributed by atoms with van der Waals surface area (Å²) in [6.45, 7) is 5.11. The molecule has 1 aliphatic heterocycles. The van der Waals surface area contributed by atoms with Crippen LogP contribution in [0.2, 0.25) is 0 Å². The average Bonchev–Trinajstić information content (AvgIpc) is 2.58. The summed E-state index contributed by atoms with van der Waals surface area (Å²) >= 11 is 0. The molecule has 1 unspecified atom stereocenters. The van der Waals surface area contributed by atoms with Gasteiger partial charge in [0.1, 0.15) is 0 Å². The monoisotopic (exact) mass is 338 g/mol. The van der Waals surface area contributed by atoms with Crippen molar-refractivity contribution in [2.45, 2.75) is 20.0 Å². The van der Waals surface area contributed by atoms with Crippen LogP contribution in [-0.2, 0) is 22.6 Å². The number of hydrogen-bond acceptors (Lipinski definition) is 3. The second-order valence-corrected chi connectivity index (χ2v) is 6.68. The lowest BCUT2D eigenvalue weighted by molar-refractivity contribution is -0.121. The smallest absolute Gasteiger partial charge is 0.227 e. The molecule has 1 heterocycles. The van der Waals surface area contributed by atoms with E-state index in [0.29, 0.717) is 19.1 Å². The summed E-state index contributed by atoms with van der Waals surface area (Å²) < 4.78 is 5.77. The molecule has 2 aromatic carbocycles. The van der Waals surface area contributed by atoms with Crippen molar-refractivity contribution in [2.24, 2.45) is 11.8 Å². The molecule has 1 saturated heterocycles. The Morgan fingerprint density at radius 1 is 1.16 bits per heavy atom. The van der Waals surface area contributed by atoms with E-state index < -0.39 is 0 Å². The minimum Gasteiger partial charge on any atom is -0.376 e. The third-order valence-electron chi connectivity index (χ3n) is 4.77. The first-order valence-corrected chi connectivity index (χ1v) is 8.94. The van der Waals surface area contributed by atoms with Crippen molar-refractivity contribution in [3.05, 3.63) is 65.7 Å². The number of hydrogen-bond donors (Lipinski definition) is 2. The number of carbonyl (C=O) groups excluding carboxylic acids is 1. The first-order valence-electron chi connectivity index (χ1n) is 8.94. The zero-order valence-corrected chi connectivity index (χ0v) is 14.7. The topological polar surface area (TPSA) is 50.4 Å². The molecule has 0 spiro atoms. The average molecular weight is 338 g/mol. The van der Waals surface area contributed by atoms with Gasteiger partial charge in [-0.2, -0.15) is 0 Å². The van der Waals surface area contributed by atoms with E-state index in [1.807, 2.05) is 49.4 Å². The predicted molar refractivity (Wildman–Crippen MR) is 100 cm³/mol. The van der Waals surface area contributed by atoms with Gasteiger partial charge in [0.2, 0.25) is 5.91 Å². The van der Waals surface area contributed by atoms with E-state index in [0.717, 1.165) is 30.8 Å². The van der Waals surface area contributed by atoms with Crippen LogP contribution in [0.25, 0.3) is 0 Å². The van der Waals surface area contributed by atoms with Gasteiger partial charge < -0.3 is 15.4 Å². The lowest BCUT2D eigenvalue weighted by Gasteiger charge is -2.31. The number of benzene rings is 2. The zero-order chi connectivity index (χ0) is 17.5. The van der Waals surface area contributed by atoms with Crippen LogP contribution >= 0.6 is 0 Å². The minimum atomic E-state index is 0.0343. The molecule has 1 atom stereocenters. The fraction of sp³-hybridized carbons (Fsp3) is 0.381. The maximum Gasteiger partial charge on any atom is 0.227 e. The molecule has 0 bridgehead atoms. The van der Waals surface area contributed by atoms with E-state index >= 15 is 0 Å². The SMILES string of the molecule is CC(C(=O)Nc1cccc(COCCc2ccccc2)c1)C1CNC1. The molecule has 132 valence electrons. The van der Waals surface area contributed by atoms with Crippen molar-refractivity contribution in [3.63, 3.8) is 0 Å². The summed E-state index contributed by atoms with van der Waals surface area (Å²) in [6, 6.07) is 18.2. The molecule has 0 saturated carbocycles. The Labute approximate surface area is 149 Å². The van der Waals surface area contributed by atoms with Crippen LogP contribution in [0.3, 0.4) is 0 Å². The van der Waals surface area contributed by atoms with E-state index in [1.165, 1.54) is 5.56 Å². The second kappa shape index (κ2) is 8.79. The highest BCUT2D eigenvalue weighted by molar-refractivity contribution is 5.92. The van der Waals surface area contributed by atoms with E-state index in [1.54, 1.807) is 0 Å². The third kappa shape index (κ3) is 5.15. The Morgan fingerprint density at radius 2 is 1.92 bits per heavy atom. The molecule has 1 aliphatic rings. The summed E-state index contributed by atoms with van der Waals surface area (Å²) in [6.07, 6.45) is 0.907. The number of amides is 1. The highest BCUT2D eigenvalue weighted by Crippen LogP contribution is 2.19. The molecule has 4 nitrogen and oxygen atoms in total. The minimum absolute atomic E-state index is 0.0343. The van der Waals surface area contributed by atoms with E-state index in [4.69, 9.17) is 4.74 Å². The van der Waals surface area contributed by atoms with Crippen LogP contribution < -0.4 is 10.6 Å². The van der Waals surface area contributed by atoms with Crippen LogP contribution in [0.4, 0.5) is 5.69 Å². The van der Waals surface area contributed by atoms with Gasteiger partial charge in [0.25, 0.3) is 0 Å². The van der Waals surface area contributed by atoms with Gasteiger partial charge in [0.15, 0.2) is 0 Å². The summed E-state index contributed by atoms with van der Waals surface area (Å²) in [5.74, 6) is 0.574. The van der Waals surface area contributed by atoms with Gasteiger partial charge in [-0.25, -0.2) is 0 Å². The van der Waals surface area contributed by atoms with Crippen molar-refractivity contribution in [1.29, 1.82) is 0 Å². The Kier molecular flexibility index (Phi) is 6.20. The van der Waals surface area contributed by atoms with E-state index in [2.05, 4.69) is 22.8 Å². The molecule has 1 fully saturated rings. The van der Waals surface area contributed by atoms with Crippen LogP contribution in [0.1, 0.15) is 18.1 Å². The fourth-order valence-corrected chi connectivity index (χ4v) is 2.90. The van der Waals surface area contributed by atoms with Gasteiger partial charge in [-0.3, -0.25) is 4.79 Å². The van der Waals surface area contributed by atoms with Gasteiger partial charge in [-0.15, -0.1) is 0 Å². The summed E-state index contributed by atoms with van der Waals surface area (Å²) in [7, 11) is 0. The van der Waals surface area contributed by atoms with Gasteiger partial charge in [0.05, 0.1) is 13.2 Å². The molecule has 3 rings (SSSR count). The van der Waals surface area contributed by atoms with E-state index in [-0.39, 0.29) is 11.8 Å². The molecule has 25 heavy (non-hydrogen) atoms. The molecule has 2 aromatic rings. The molecule has 4 heteroatoms. The standard InChI is InChI=1S/C21H26N2O2/c1-16(19-13-22-14-19)21(24)23-20-9-5-8-18(12-20)15-25-11-10-17-6-3-2-4-7-17/h2-9,12,16,19,22H,10-11,13-15H2,1H3,(H,23,24). The van der Waals surface area contributed by atoms with Crippen LogP contribution in [0.15, 0.2) is 54.6 Å². The second-order valence-electron chi connectivity index (χ2n) is 6.68. The highest BCUT2D eigenvalue weighted by atomic mass is 16.5. The van der Waals surface area contributed by atoms with Crippen molar-refractivity contribution in [3.8, 4) is 0 Å². The van der Waals surface area contributed by atoms with Crippen molar-refractivity contribution in [2.75, 3.05) is 25.0 Å². The summed E-state index contributed by atoms with van der Waals surface area (Å²) in [5.41, 5.74) is 3.19. The Balaban J connectivity index is 1.45. The molecule has 2 N–H and O–H groups in total. The van der Waals surface area contributed by atoms with E-state index in [9.17, 15) is 4.79 Å². The van der Waals surface area contributed by atoms with Crippen LogP contribution in [0.5, 0.6) is 0 Å². The first-order chi connectivity index (χ1) is 12.2. The Morgan fingerprint density at radius 3 is 2.64 bits per heavy atom. The van der Waals surface area contributed by atoms with Crippen molar-refractivity contribution >= 4 is 11.6 Å². The largest absolute Gasteiger partial charge is 0.376 e. The third-order valence-corrected chi connectivity index (χ3v) is 4.77. The zero-order valence-electron chi connectivity index (χ0n) is 14.7. The summed E-state index contributed by atoms with van der Waals surface area (Å²) in [4.78, 5) is 12.3.